The van der Waals surface area contributed by atoms with Gasteiger partial charge in [-0.05, 0) is 44.2 Å². The van der Waals surface area contributed by atoms with E-state index in [1.165, 1.54) is 24.3 Å². The lowest BCUT2D eigenvalue weighted by Crippen LogP contribution is -2.17. The van der Waals surface area contributed by atoms with Crippen LogP contribution in [0.25, 0.3) is 5.69 Å². The monoisotopic (exact) mass is 411 g/mol. The van der Waals surface area contributed by atoms with Gasteiger partial charge in [0, 0.05) is 22.6 Å². The molecule has 11 heteroatoms. The summed E-state index contributed by atoms with van der Waals surface area (Å²) >= 11 is 1.16. The van der Waals surface area contributed by atoms with Crippen molar-refractivity contribution in [2.75, 3.05) is 11.5 Å². The van der Waals surface area contributed by atoms with Crippen molar-refractivity contribution in [3.63, 3.8) is 0 Å². The third-order valence-electron chi connectivity index (χ3n) is 3.87. The van der Waals surface area contributed by atoms with Crippen LogP contribution in [0.15, 0.2) is 35.5 Å². The molecule has 0 unspecified atom stereocenters. The minimum Gasteiger partial charge on any atom is -0.406 e. The van der Waals surface area contributed by atoms with Crippen molar-refractivity contribution in [1.82, 2.24) is 19.7 Å². The fourth-order valence-electron chi connectivity index (χ4n) is 2.77. The van der Waals surface area contributed by atoms with Crippen LogP contribution >= 0.6 is 11.8 Å². The summed E-state index contributed by atoms with van der Waals surface area (Å²) in [7, 11) is 0. The molecular formula is C17H16F3N5O2S. The summed E-state index contributed by atoms with van der Waals surface area (Å²) in [5, 5.41) is 6.73. The number of rotatable bonds is 6. The van der Waals surface area contributed by atoms with Gasteiger partial charge in [-0.15, -0.1) is 18.3 Å². The van der Waals surface area contributed by atoms with E-state index in [2.05, 4.69) is 19.9 Å². The van der Waals surface area contributed by atoms with Crippen molar-refractivity contribution in [2.24, 2.45) is 0 Å². The van der Waals surface area contributed by atoms with Gasteiger partial charge in [0.15, 0.2) is 5.78 Å². The summed E-state index contributed by atoms with van der Waals surface area (Å²) in [4.78, 5) is 16.5. The first kappa shape index (κ1) is 19.8. The number of nitrogen functional groups attached to an aromatic ring is 1. The standard InChI is InChI=1S/C17H16F3N5O2S/c1-9-7-13(14(26)8-28-16-22-15(21)23-24-16)10(2)25(9)11-3-5-12(6-4-11)27-17(18,19)20/h3-7H,8H2,1-2H3,(H3,21,22,23,24). The van der Waals surface area contributed by atoms with E-state index < -0.39 is 6.36 Å². The second-order valence-corrected chi connectivity index (χ2v) is 6.82. The van der Waals surface area contributed by atoms with Gasteiger partial charge in [-0.3, -0.25) is 4.79 Å². The fourth-order valence-corrected chi connectivity index (χ4v) is 3.46. The second-order valence-electron chi connectivity index (χ2n) is 5.88. The second kappa shape index (κ2) is 7.58. The number of aromatic nitrogens is 4. The van der Waals surface area contributed by atoms with Crippen LogP contribution in [0, 0.1) is 13.8 Å². The number of halogens is 3. The Hall–Kier alpha value is -2.95. The molecule has 0 aliphatic heterocycles. The topological polar surface area (TPSA) is 98.8 Å². The number of nitrogens with two attached hydrogens (primary N) is 1. The van der Waals surface area contributed by atoms with E-state index in [9.17, 15) is 18.0 Å². The lowest BCUT2D eigenvalue weighted by atomic mass is 10.2. The Morgan fingerprint density at radius 3 is 2.54 bits per heavy atom. The number of nitrogens with one attached hydrogen (secondary N) is 1. The summed E-state index contributed by atoms with van der Waals surface area (Å²) in [6.45, 7) is 3.59. The smallest absolute Gasteiger partial charge is 0.406 e. The number of Topliss-reactive ketones (excluding diaryl/α,β-unsaturated/α-hetero) is 1. The molecule has 0 radical (unpaired) electrons. The van der Waals surface area contributed by atoms with Crippen LogP contribution in [-0.2, 0) is 0 Å². The molecule has 2 heterocycles. The SMILES string of the molecule is Cc1cc(C(=O)CSc2n[nH]c(N)n2)c(C)n1-c1ccc(OC(F)(F)F)cc1. The molecule has 0 amide bonds. The molecule has 28 heavy (non-hydrogen) atoms. The maximum absolute atomic E-state index is 12.6. The molecule has 0 saturated heterocycles. The van der Waals surface area contributed by atoms with E-state index in [0.29, 0.717) is 22.1 Å². The number of thioether (sulfide) groups is 1. The third kappa shape index (κ3) is 4.47. The van der Waals surface area contributed by atoms with Gasteiger partial charge in [0.1, 0.15) is 5.75 Å². The number of anilines is 1. The molecule has 0 aliphatic rings. The predicted octanol–water partition coefficient (Wildman–Crippen LogP) is 3.67. The average molecular weight is 411 g/mol. The number of hydrogen-bond acceptors (Lipinski definition) is 6. The van der Waals surface area contributed by atoms with Crippen molar-refractivity contribution in [2.45, 2.75) is 25.4 Å². The first-order valence-electron chi connectivity index (χ1n) is 8.03. The molecule has 1 aromatic carbocycles. The molecule has 0 bridgehead atoms. The van der Waals surface area contributed by atoms with Gasteiger partial charge in [-0.2, -0.15) is 4.98 Å². The number of benzene rings is 1. The van der Waals surface area contributed by atoms with E-state index >= 15 is 0 Å². The van der Waals surface area contributed by atoms with Crippen molar-refractivity contribution >= 4 is 23.5 Å². The number of ketones is 1. The largest absolute Gasteiger partial charge is 0.573 e. The molecule has 3 N–H and O–H groups in total. The molecule has 0 saturated carbocycles. The van der Waals surface area contributed by atoms with Crippen LogP contribution in [0.5, 0.6) is 5.75 Å². The first-order chi connectivity index (χ1) is 13.1. The van der Waals surface area contributed by atoms with Crippen LogP contribution in [0.1, 0.15) is 21.7 Å². The quantitative estimate of drug-likeness (QED) is 0.474. The third-order valence-corrected chi connectivity index (χ3v) is 4.72. The van der Waals surface area contributed by atoms with E-state index in [-0.39, 0.29) is 23.2 Å². The molecule has 0 fully saturated rings. The number of carbonyl (C=O) groups is 1. The highest BCUT2D eigenvalue weighted by Crippen LogP contribution is 2.27. The summed E-state index contributed by atoms with van der Waals surface area (Å²) < 4.78 is 42.6. The number of hydrogen-bond donors (Lipinski definition) is 2. The van der Waals surface area contributed by atoms with E-state index in [1.54, 1.807) is 17.6 Å². The Morgan fingerprint density at radius 1 is 1.29 bits per heavy atom. The molecule has 148 valence electrons. The maximum Gasteiger partial charge on any atom is 0.573 e. The van der Waals surface area contributed by atoms with E-state index in [0.717, 1.165) is 17.5 Å². The van der Waals surface area contributed by atoms with Crippen molar-refractivity contribution in [3.8, 4) is 11.4 Å². The van der Waals surface area contributed by atoms with Gasteiger partial charge >= 0.3 is 6.36 Å². The summed E-state index contributed by atoms with van der Waals surface area (Å²) in [6, 6.07) is 7.20. The zero-order valence-corrected chi connectivity index (χ0v) is 15.7. The first-order valence-corrected chi connectivity index (χ1v) is 9.01. The van der Waals surface area contributed by atoms with Crippen LogP contribution in [0.2, 0.25) is 0 Å². The van der Waals surface area contributed by atoms with Crippen LogP contribution in [0.3, 0.4) is 0 Å². The van der Waals surface area contributed by atoms with Gasteiger partial charge in [0.2, 0.25) is 11.1 Å². The van der Waals surface area contributed by atoms with Gasteiger partial charge in [-0.1, -0.05) is 11.8 Å². The van der Waals surface area contributed by atoms with Gasteiger partial charge in [0.05, 0.1) is 5.75 Å². The number of aryl methyl sites for hydroxylation is 1. The Kier molecular flexibility index (Phi) is 5.36. The lowest BCUT2D eigenvalue weighted by Gasteiger charge is -2.12. The summed E-state index contributed by atoms with van der Waals surface area (Å²) in [6.07, 6.45) is -4.74. The van der Waals surface area contributed by atoms with Gasteiger partial charge in [-0.25, -0.2) is 5.10 Å². The van der Waals surface area contributed by atoms with Crippen molar-refractivity contribution < 1.29 is 22.7 Å². The molecule has 0 aliphatic carbocycles. The van der Waals surface area contributed by atoms with E-state index in [4.69, 9.17) is 5.73 Å². The Balaban J connectivity index is 1.78. The highest BCUT2D eigenvalue weighted by molar-refractivity contribution is 7.99. The molecular weight excluding hydrogens is 395 g/mol. The lowest BCUT2D eigenvalue weighted by molar-refractivity contribution is -0.274. The number of nitrogens with zero attached hydrogens (tertiary/aromatic N) is 3. The van der Waals surface area contributed by atoms with Crippen molar-refractivity contribution in [3.05, 3.63) is 47.3 Å². The van der Waals surface area contributed by atoms with E-state index in [1.807, 2.05) is 6.92 Å². The van der Waals surface area contributed by atoms with Crippen LogP contribution in [-0.4, -0.2) is 37.6 Å². The zero-order chi connectivity index (χ0) is 20.5. The van der Waals surface area contributed by atoms with Crippen LogP contribution in [0.4, 0.5) is 19.1 Å². The summed E-state index contributed by atoms with van der Waals surface area (Å²) in [5.41, 5.74) is 8.05. The average Bonchev–Trinajstić information content (AvgIpc) is 3.15. The molecule has 2 aromatic heterocycles. The Bertz CT molecular complexity index is 995. The summed E-state index contributed by atoms with van der Waals surface area (Å²) in [5.74, 6) is -0.132. The minimum atomic E-state index is -4.74. The molecule has 3 aromatic rings. The highest BCUT2D eigenvalue weighted by atomic mass is 32.2. The fraction of sp³-hybridized carbons (Fsp3) is 0.235. The molecule has 0 spiro atoms. The number of aromatic amines is 1. The Morgan fingerprint density at radius 2 is 1.96 bits per heavy atom. The molecule has 7 nitrogen and oxygen atoms in total. The zero-order valence-electron chi connectivity index (χ0n) is 14.9. The van der Waals surface area contributed by atoms with Gasteiger partial charge < -0.3 is 15.0 Å². The van der Waals surface area contributed by atoms with Gasteiger partial charge in [0.25, 0.3) is 0 Å². The maximum atomic E-state index is 12.6. The van der Waals surface area contributed by atoms with Crippen molar-refractivity contribution in [1.29, 1.82) is 0 Å². The molecule has 3 rings (SSSR count). The molecule has 0 atom stereocenters. The normalized spacial score (nSPS) is 11.6. The number of alkyl halides is 3. The highest BCUT2D eigenvalue weighted by Gasteiger charge is 2.31. The minimum absolute atomic E-state index is 0.121. The number of carbonyl (C=O) groups excluding carboxylic acids is 1. The predicted molar refractivity (Wildman–Crippen MR) is 97.8 cm³/mol. The van der Waals surface area contributed by atoms with Crippen LogP contribution < -0.4 is 10.5 Å². The number of H-pyrrole nitrogens is 1. The Labute approximate surface area is 162 Å². The number of ether oxygens (including phenoxy) is 1.